The van der Waals surface area contributed by atoms with Crippen LogP contribution in [0.1, 0.15) is 13.8 Å². The minimum Gasteiger partial charge on any atom is -0.351 e. The van der Waals surface area contributed by atoms with Crippen molar-refractivity contribution in [2.75, 3.05) is 39.3 Å². The van der Waals surface area contributed by atoms with Crippen LogP contribution in [0.25, 0.3) is 0 Å². The lowest BCUT2D eigenvalue weighted by atomic mass is 10.2. The minimum atomic E-state index is -3.45. The molecule has 2 rings (SSSR count). The van der Waals surface area contributed by atoms with Crippen LogP contribution in [0.15, 0.2) is 33.6 Å². The zero-order valence-corrected chi connectivity index (χ0v) is 16.5. The highest BCUT2D eigenvalue weighted by Gasteiger charge is 2.31. The van der Waals surface area contributed by atoms with E-state index in [-0.39, 0.29) is 5.91 Å². The molecule has 0 radical (unpaired) electrons. The molecule has 0 aliphatic carbocycles. The Hall–Kier alpha value is -0.960. The molecule has 1 saturated heterocycles. The molecule has 2 N–H and O–H groups in total. The molecule has 1 heterocycles. The Labute approximate surface area is 152 Å². The van der Waals surface area contributed by atoms with E-state index in [1.165, 1.54) is 4.31 Å². The second-order valence-electron chi connectivity index (χ2n) is 6.48. The van der Waals surface area contributed by atoms with Crippen molar-refractivity contribution in [2.45, 2.75) is 18.7 Å². The fourth-order valence-electron chi connectivity index (χ4n) is 2.58. The van der Waals surface area contributed by atoms with Crippen LogP contribution in [0, 0.1) is 5.92 Å². The smallest absolute Gasteiger partial charge is 0.275 e. The van der Waals surface area contributed by atoms with Crippen molar-refractivity contribution < 1.29 is 18.1 Å². The van der Waals surface area contributed by atoms with Gasteiger partial charge in [0, 0.05) is 11.0 Å². The maximum absolute atomic E-state index is 12.6. The van der Waals surface area contributed by atoms with Crippen LogP contribution in [0.4, 0.5) is 0 Å². The molecular formula is C16H25BrN3O3S+. The minimum absolute atomic E-state index is 0.0305. The first-order chi connectivity index (χ1) is 11.3. The van der Waals surface area contributed by atoms with Crippen LogP contribution in [0.5, 0.6) is 0 Å². The maximum atomic E-state index is 12.6. The molecule has 24 heavy (non-hydrogen) atoms. The number of quaternary nitrogens is 1. The van der Waals surface area contributed by atoms with E-state index in [4.69, 9.17) is 0 Å². The SMILES string of the molecule is CC(C)CNC(=O)C[NH+]1CCN(S(=O)(=O)c2ccc(Br)cc2)CC1. The predicted octanol–water partition coefficient (Wildman–Crippen LogP) is 0.111. The molecule has 0 atom stereocenters. The van der Waals surface area contributed by atoms with Crippen LogP contribution in [0.3, 0.4) is 0 Å². The third-order valence-corrected chi connectivity index (χ3v) is 6.44. The molecule has 1 amide bonds. The molecule has 1 aliphatic heterocycles. The highest BCUT2D eigenvalue weighted by Crippen LogP contribution is 2.18. The summed E-state index contributed by atoms with van der Waals surface area (Å²) in [5.41, 5.74) is 0. The number of sulfonamides is 1. The van der Waals surface area contributed by atoms with Crippen molar-refractivity contribution in [1.82, 2.24) is 9.62 Å². The molecular weight excluding hydrogens is 394 g/mol. The van der Waals surface area contributed by atoms with Gasteiger partial charge in [0.15, 0.2) is 6.54 Å². The lowest BCUT2D eigenvalue weighted by molar-refractivity contribution is -0.895. The van der Waals surface area contributed by atoms with Gasteiger partial charge in [-0.2, -0.15) is 4.31 Å². The van der Waals surface area contributed by atoms with Crippen molar-refractivity contribution in [1.29, 1.82) is 0 Å². The molecule has 6 nitrogen and oxygen atoms in total. The first kappa shape index (κ1) is 19.4. The highest BCUT2D eigenvalue weighted by molar-refractivity contribution is 9.10. The van der Waals surface area contributed by atoms with Crippen LogP contribution in [-0.4, -0.2) is 57.9 Å². The fourth-order valence-corrected chi connectivity index (χ4v) is 4.29. The summed E-state index contributed by atoms with van der Waals surface area (Å²) in [5.74, 6) is 0.458. The lowest BCUT2D eigenvalue weighted by Gasteiger charge is -2.31. The van der Waals surface area contributed by atoms with E-state index in [0.29, 0.717) is 50.1 Å². The number of piperazine rings is 1. The van der Waals surface area contributed by atoms with Gasteiger partial charge in [0.1, 0.15) is 0 Å². The van der Waals surface area contributed by atoms with E-state index in [9.17, 15) is 13.2 Å². The Morgan fingerprint density at radius 3 is 2.38 bits per heavy atom. The average molecular weight is 419 g/mol. The molecule has 8 heteroatoms. The summed E-state index contributed by atoms with van der Waals surface area (Å²) in [6.45, 7) is 7.35. The topological polar surface area (TPSA) is 70.9 Å². The highest BCUT2D eigenvalue weighted by atomic mass is 79.9. The summed E-state index contributed by atoms with van der Waals surface area (Å²) >= 11 is 3.31. The van der Waals surface area contributed by atoms with E-state index < -0.39 is 10.0 Å². The summed E-state index contributed by atoms with van der Waals surface area (Å²) < 4.78 is 27.6. The number of carbonyl (C=O) groups excluding carboxylic acids is 1. The molecule has 1 aromatic carbocycles. The van der Waals surface area contributed by atoms with Gasteiger partial charge in [-0.05, 0) is 30.2 Å². The monoisotopic (exact) mass is 418 g/mol. The summed E-state index contributed by atoms with van der Waals surface area (Å²) in [6.07, 6.45) is 0. The van der Waals surface area contributed by atoms with Crippen molar-refractivity contribution in [2.24, 2.45) is 5.92 Å². The number of nitrogens with zero attached hydrogens (tertiary/aromatic N) is 1. The second-order valence-corrected chi connectivity index (χ2v) is 9.34. The lowest BCUT2D eigenvalue weighted by Crippen LogP contribution is -3.15. The molecule has 1 aliphatic rings. The zero-order valence-electron chi connectivity index (χ0n) is 14.1. The van der Waals surface area contributed by atoms with E-state index >= 15 is 0 Å². The second kappa shape index (κ2) is 8.42. The Bertz CT molecular complexity index is 654. The predicted molar refractivity (Wildman–Crippen MR) is 96.3 cm³/mol. The number of rotatable bonds is 6. The quantitative estimate of drug-likeness (QED) is 0.688. The van der Waals surface area contributed by atoms with Crippen molar-refractivity contribution >= 4 is 31.9 Å². The molecule has 0 bridgehead atoms. The van der Waals surface area contributed by atoms with Gasteiger partial charge in [-0.1, -0.05) is 29.8 Å². The normalized spacial score (nSPS) is 17.2. The standard InChI is InChI=1S/C16H24BrN3O3S/c1-13(2)11-18-16(21)12-19-7-9-20(10-8-19)24(22,23)15-5-3-14(17)4-6-15/h3-6,13H,7-12H2,1-2H3,(H,18,21)/p+1. The maximum Gasteiger partial charge on any atom is 0.275 e. The summed E-state index contributed by atoms with van der Waals surface area (Å²) in [6, 6.07) is 6.68. The summed E-state index contributed by atoms with van der Waals surface area (Å²) in [7, 11) is -3.45. The van der Waals surface area contributed by atoms with Gasteiger partial charge in [0.25, 0.3) is 5.91 Å². The van der Waals surface area contributed by atoms with Crippen LogP contribution < -0.4 is 10.2 Å². The van der Waals surface area contributed by atoms with Gasteiger partial charge in [0.2, 0.25) is 10.0 Å². The number of hydrogen-bond acceptors (Lipinski definition) is 3. The Kier molecular flexibility index (Phi) is 6.79. The van der Waals surface area contributed by atoms with E-state index in [1.807, 2.05) is 0 Å². The Morgan fingerprint density at radius 2 is 1.83 bits per heavy atom. The van der Waals surface area contributed by atoms with Crippen LogP contribution >= 0.6 is 15.9 Å². The number of benzene rings is 1. The van der Waals surface area contributed by atoms with Gasteiger partial charge >= 0.3 is 0 Å². The number of amides is 1. The number of hydrogen-bond donors (Lipinski definition) is 2. The first-order valence-electron chi connectivity index (χ1n) is 8.15. The Morgan fingerprint density at radius 1 is 1.25 bits per heavy atom. The first-order valence-corrected chi connectivity index (χ1v) is 10.4. The molecule has 0 unspecified atom stereocenters. The fraction of sp³-hybridized carbons (Fsp3) is 0.562. The van der Waals surface area contributed by atoms with E-state index in [2.05, 4.69) is 35.1 Å². The third-order valence-electron chi connectivity index (χ3n) is 4.00. The van der Waals surface area contributed by atoms with Crippen molar-refractivity contribution in [3.63, 3.8) is 0 Å². The van der Waals surface area contributed by atoms with Gasteiger partial charge in [-0.15, -0.1) is 0 Å². The number of halogens is 1. The Balaban J connectivity index is 1.88. The summed E-state index contributed by atoms with van der Waals surface area (Å²) in [5, 5.41) is 2.91. The van der Waals surface area contributed by atoms with E-state index in [0.717, 1.165) is 9.37 Å². The molecule has 134 valence electrons. The van der Waals surface area contributed by atoms with Gasteiger partial charge in [-0.3, -0.25) is 4.79 Å². The third kappa shape index (κ3) is 5.27. The number of carbonyl (C=O) groups is 1. The van der Waals surface area contributed by atoms with Crippen LogP contribution in [-0.2, 0) is 14.8 Å². The molecule has 0 aromatic heterocycles. The average Bonchev–Trinajstić information content (AvgIpc) is 2.54. The molecule has 0 saturated carbocycles. The van der Waals surface area contributed by atoms with Crippen molar-refractivity contribution in [3.8, 4) is 0 Å². The largest absolute Gasteiger partial charge is 0.351 e. The van der Waals surface area contributed by atoms with Gasteiger partial charge < -0.3 is 10.2 Å². The van der Waals surface area contributed by atoms with Crippen molar-refractivity contribution in [3.05, 3.63) is 28.7 Å². The van der Waals surface area contributed by atoms with Gasteiger partial charge in [0.05, 0.1) is 31.1 Å². The van der Waals surface area contributed by atoms with E-state index in [1.54, 1.807) is 24.3 Å². The molecule has 0 spiro atoms. The summed E-state index contributed by atoms with van der Waals surface area (Å²) in [4.78, 5) is 13.3. The number of nitrogens with one attached hydrogen (secondary N) is 2. The zero-order chi connectivity index (χ0) is 17.7. The molecule has 1 aromatic rings. The van der Waals surface area contributed by atoms with Gasteiger partial charge in [-0.25, -0.2) is 8.42 Å². The molecule has 1 fully saturated rings. The van der Waals surface area contributed by atoms with Crippen LogP contribution in [0.2, 0.25) is 0 Å².